The van der Waals surface area contributed by atoms with Gasteiger partial charge in [0, 0.05) is 0 Å². The van der Waals surface area contributed by atoms with Gasteiger partial charge in [-0.05, 0) is 38.1 Å². The zero-order chi connectivity index (χ0) is 11.8. The van der Waals surface area contributed by atoms with Crippen LogP contribution in [0.2, 0.25) is 0 Å². The molecule has 0 N–H and O–H groups in total. The highest BCUT2D eigenvalue weighted by molar-refractivity contribution is 8.50. The third kappa shape index (κ3) is 5.34. The quantitative estimate of drug-likeness (QED) is 0.611. The van der Waals surface area contributed by atoms with Gasteiger partial charge in [0.1, 0.15) is 0 Å². The molecule has 1 heterocycles. The van der Waals surface area contributed by atoms with Crippen LogP contribution in [0.1, 0.15) is 38.5 Å². The van der Waals surface area contributed by atoms with E-state index in [4.69, 9.17) is 0 Å². The van der Waals surface area contributed by atoms with Crippen LogP contribution in [0.15, 0.2) is 30.3 Å². The minimum atomic E-state index is 0.189. The molecular formula is C14H23P3. The van der Waals surface area contributed by atoms with E-state index < -0.39 is 0 Å². The van der Waals surface area contributed by atoms with E-state index >= 15 is 0 Å². The Balaban J connectivity index is 1.93. The molecule has 0 spiro atoms. The number of hydrogen-bond acceptors (Lipinski definition) is 0. The number of rotatable bonds is 1. The lowest BCUT2D eigenvalue weighted by molar-refractivity contribution is 0.629. The van der Waals surface area contributed by atoms with Gasteiger partial charge in [-0.2, -0.15) is 0 Å². The fourth-order valence-corrected chi connectivity index (χ4v) is 12.5. The average Bonchev–Trinajstić information content (AvgIpc) is 2.45. The molecule has 1 aromatic rings. The van der Waals surface area contributed by atoms with Gasteiger partial charge in [-0.25, -0.2) is 0 Å². The van der Waals surface area contributed by atoms with Crippen LogP contribution in [0.25, 0.3) is 0 Å². The Bertz CT molecular complexity index is 288. The van der Waals surface area contributed by atoms with Gasteiger partial charge in [-0.3, -0.25) is 0 Å². The van der Waals surface area contributed by atoms with E-state index in [1.165, 1.54) is 67.1 Å². The van der Waals surface area contributed by atoms with E-state index in [0.717, 1.165) is 0 Å². The fourth-order valence-electron chi connectivity index (χ4n) is 2.20. The molecule has 94 valence electrons. The molecule has 1 aliphatic rings. The van der Waals surface area contributed by atoms with Crippen molar-refractivity contribution in [2.24, 2.45) is 0 Å². The second-order valence-electron chi connectivity index (χ2n) is 4.65. The summed E-state index contributed by atoms with van der Waals surface area (Å²) in [6.45, 7) is 0. The molecule has 0 nitrogen and oxygen atoms in total. The van der Waals surface area contributed by atoms with Crippen molar-refractivity contribution in [3.05, 3.63) is 30.3 Å². The van der Waals surface area contributed by atoms with Crippen LogP contribution < -0.4 is 5.30 Å². The summed E-state index contributed by atoms with van der Waals surface area (Å²) >= 11 is 0. The van der Waals surface area contributed by atoms with E-state index in [-0.39, 0.29) is 7.61 Å². The normalized spacial score (nSPS) is 26.7. The Kier molecular flexibility index (Phi) is 7.03. The molecule has 1 saturated heterocycles. The SMILES string of the molecule is c1ccc(P2CCCCCCCCPP2)cc1. The predicted molar refractivity (Wildman–Crippen MR) is 87.1 cm³/mol. The van der Waals surface area contributed by atoms with Crippen molar-refractivity contribution < 1.29 is 0 Å². The van der Waals surface area contributed by atoms with Crippen LogP contribution in [0, 0.1) is 0 Å². The molecule has 2 rings (SSSR count). The van der Waals surface area contributed by atoms with Crippen molar-refractivity contribution in [1.29, 1.82) is 0 Å². The van der Waals surface area contributed by atoms with E-state index in [0.29, 0.717) is 0 Å². The van der Waals surface area contributed by atoms with Crippen molar-refractivity contribution in [2.75, 3.05) is 12.3 Å². The van der Waals surface area contributed by atoms with Crippen LogP contribution in [-0.2, 0) is 0 Å². The summed E-state index contributed by atoms with van der Waals surface area (Å²) in [4.78, 5) is 0. The van der Waals surface area contributed by atoms with Gasteiger partial charge in [-0.1, -0.05) is 72.2 Å². The van der Waals surface area contributed by atoms with Gasteiger partial charge in [0.2, 0.25) is 0 Å². The highest BCUT2D eigenvalue weighted by Gasteiger charge is 2.10. The average molecular weight is 284 g/mol. The van der Waals surface area contributed by atoms with E-state index in [2.05, 4.69) is 30.3 Å². The molecule has 0 bridgehead atoms. The highest BCUT2D eigenvalue weighted by atomic mass is 32.4. The molecule has 0 aliphatic carbocycles. The Morgan fingerprint density at radius 2 is 1.53 bits per heavy atom. The van der Waals surface area contributed by atoms with Gasteiger partial charge < -0.3 is 0 Å². The lowest BCUT2D eigenvalue weighted by Crippen LogP contribution is -1.98. The van der Waals surface area contributed by atoms with E-state index in [9.17, 15) is 0 Å². The van der Waals surface area contributed by atoms with Crippen molar-refractivity contribution in [2.45, 2.75) is 38.5 Å². The summed E-state index contributed by atoms with van der Waals surface area (Å²) in [6.07, 6.45) is 11.9. The molecule has 3 heteroatoms. The second kappa shape index (κ2) is 8.58. The van der Waals surface area contributed by atoms with Crippen LogP contribution in [0.3, 0.4) is 0 Å². The van der Waals surface area contributed by atoms with Crippen LogP contribution in [-0.4, -0.2) is 12.3 Å². The van der Waals surface area contributed by atoms with Gasteiger partial charge in [-0.15, -0.1) is 0 Å². The van der Waals surface area contributed by atoms with Gasteiger partial charge in [0.15, 0.2) is 0 Å². The van der Waals surface area contributed by atoms with Crippen molar-refractivity contribution >= 4 is 29.1 Å². The molecule has 1 aliphatic heterocycles. The number of benzene rings is 1. The topological polar surface area (TPSA) is 0 Å². The maximum Gasteiger partial charge on any atom is -0.0196 e. The van der Waals surface area contributed by atoms with Crippen LogP contribution in [0.4, 0.5) is 0 Å². The smallest absolute Gasteiger partial charge is 0.0196 e. The van der Waals surface area contributed by atoms with Crippen molar-refractivity contribution in [3.8, 4) is 0 Å². The Morgan fingerprint density at radius 3 is 2.35 bits per heavy atom. The Morgan fingerprint density at radius 1 is 0.824 bits per heavy atom. The van der Waals surface area contributed by atoms with Crippen molar-refractivity contribution in [1.82, 2.24) is 0 Å². The molecule has 0 amide bonds. The summed E-state index contributed by atoms with van der Waals surface area (Å²) < 4.78 is 0. The minimum absolute atomic E-state index is 0.189. The summed E-state index contributed by atoms with van der Waals surface area (Å²) in [7, 11) is 2.67. The Labute approximate surface area is 110 Å². The van der Waals surface area contributed by atoms with Gasteiger partial charge in [0.05, 0.1) is 0 Å². The third-order valence-electron chi connectivity index (χ3n) is 3.22. The first-order valence-corrected chi connectivity index (χ1v) is 12.4. The molecule has 17 heavy (non-hydrogen) atoms. The second-order valence-corrected chi connectivity index (χ2v) is 12.9. The minimum Gasteiger partial charge on any atom is -0.0944 e. The monoisotopic (exact) mass is 284 g/mol. The first-order chi connectivity index (χ1) is 8.47. The maximum absolute atomic E-state index is 2.36. The summed E-state index contributed by atoms with van der Waals surface area (Å²) in [5.74, 6) is 0. The highest BCUT2D eigenvalue weighted by Crippen LogP contribution is 2.65. The first kappa shape index (κ1) is 13.9. The fraction of sp³-hybridized carbons (Fsp3) is 0.571. The predicted octanol–water partition coefficient (Wildman–Crippen LogP) is 5.34. The summed E-state index contributed by atoms with van der Waals surface area (Å²) in [5, 5.41) is 1.66. The summed E-state index contributed by atoms with van der Waals surface area (Å²) in [5.41, 5.74) is 0. The molecule has 3 unspecified atom stereocenters. The Hall–Kier alpha value is 0.510. The molecule has 3 atom stereocenters. The zero-order valence-corrected chi connectivity index (χ0v) is 13.4. The largest absolute Gasteiger partial charge is 0.0944 e. The molecule has 1 fully saturated rings. The molecule has 1 aromatic carbocycles. The standard InChI is InChI=1S/C14H23P3/c1-2-4-9-13-17(16-15-12-8-3-1)14-10-6-5-7-11-14/h5-7,10-11,15-16H,1-4,8-9,12-13H2. The lowest BCUT2D eigenvalue weighted by Gasteiger charge is -2.17. The van der Waals surface area contributed by atoms with E-state index in [1.54, 1.807) is 5.30 Å². The van der Waals surface area contributed by atoms with Crippen LogP contribution >= 0.6 is 23.8 Å². The van der Waals surface area contributed by atoms with Gasteiger partial charge >= 0.3 is 0 Å². The molecular weight excluding hydrogens is 261 g/mol. The van der Waals surface area contributed by atoms with Crippen molar-refractivity contribution in [3.63, 3.8) is 0 Å². The van der Waals surface area contributed by atoms with Gasteiger partial charge in [0.25, 0.3) is 0 Å². The lowest BCUT2D eigenvalue weighted by atomic mass is 10.1. The van der Waals surface area contributed by atoms with E-state index in [1.807, 2.05) is 0 Å². The first-order valence-electron chi connectivity index (χ1n) is 6.78. The number of hydrogen-bond donors (Lipinski definition) is 0. The van der Waals surface area contributed by atoms with Crippen LogP contribution in [0.5, 0.6) is 0 Å². The zero-order valence-electron chi connectivity index (χ0n) is 10.5. The maximum atomic E-state index is 2.36. The molecule has 0 aromatic heterocycles. The molecule has 0 radical (unpaired) electrons. The third-order valence-corrected chi connectivity index (χ3v) is 13.3. The molecule has 0 saturated carbocycles. The summed E-state index contributed by atoms with van der Waals surface area (Å²) in [6, 6.07) is 11.3.